The fourth-order valence-corrected chi connectivity index (χ4v) is 1.71. The second-order valence-corrected chi connectivity index (χ2v) is 5.61. The van der Waals surface area contributed by atoms with Crippen molar-refractivity contribution < 1.29 is 27.5 Å². The number of aromatic nitrogens is 1. The Kier molecular flexibility index (Phi) is 5.16. The standard InChI is InChI=1S/C14H17F3N2O3/c1-13(2,3)22-12(21)19(4)10(8-20)9-6-5-7-18-11(9)14(15,16)17/h5-8,10H,1-4H3. The molecule has 0 N–H and O–H groups in total. The first-order valence-corrected chi connectivity index (χ1v) is 6.40. The topological polar surface area (TPSA) is 59.5 Å². The molecule has 8 heteroatoms. The maximum atomic E-state index is 13.0. The molecule has 0 spiro atoms. The Morgan fingerprint density at radius 3 is 2.41 bits per heavy atom. The number of carbonyl (C=O) groups excluding carboxylic acids is 2. The summed E-state index contributed by atoms with van der Waals surface area (Å²) in [6.07, 6.45) is -4.41. The number of likely N-dealkylation sites (N-methyl/N-ethyl adjacent to an activating group) is 1. The molecular weight excluding hydrogens is 301 g/mol. The largest absolute Gasteiger partial charge is 0.444 e. The van der Waals surface area contributed by atoms with Gasteiger partial charge in [0.05, 0.1) is 0 Å². The van der Waals surface area contributed by atoms with Crippen molar-refractivity contribution in [3.05, 3.63) is 29.6 Å². The van der Waals surface area contributed by atoms with Crippen LogP contribution in [0, 0.1) is 0 Å². The van der Waals surface area contributed by atoms with Gasteiger partial charge in [-0.05, 0) is 26.8 Å². The fourth-order valence-electron chi connectivity index (χ4n) is 1.71. The highest BCUT2D eigenvalue weighted by Crippen LogP contribution is 2.34. The van der Waals surface area contributed by atoms with Gasteiger partial charge in [0.15, 0.2) is 0 Å². The van der Waals surface area contributed by atoms with Crippen LogP contribution in [0.2, 0.25) is 0 Å². The summed E-state index contributed by atoms with van der Waals surface area (Å²) in [7, 11) is 1.19. The molecule has 0 saturated carbocycles. The highest BCUT2D eigenvalue weighted by atomic mass is 19.4. The third kappa shape index (κ3) is 4.44. The van der Waals surface area contributed by atoms with E-state index < -0.39 is 35.2 Å². The number of carbonyl (C=O) groups is 2. The monoisotopic (exact) mass is 318 g/mol. The van der Waals surface area contributed by atoms with Crippen LogP contribution in [0.5, 0.6) is 0 Å². The van der Waals surface area contributed by atoms with Gasteiger partial charge in [-0.15, -0.1) is 0 Å². The summed E-state index contributed by atoms with van der Waals surface area (Å²) < 4.78 is 44.0. The number of pyridine rings is 1. The first kappa shape index (κ1) is 17.9. The van der Waals surface area contributed by atoms with E-state index in [1.165, 1.54) is 13.1 Å². The van der Waals surface area contributed by atoms with Crippen LogP contribution in [-0.2, 0) is 15.7 Å². The summed E-state index contributed by atoms with van der Waals surface area (Å²) in [6, 6.07) is 0.930. The second-order valence-electron chi connectivity index (χ2n) is 5.61. The smallest absolute Gasteiger partial charge is 0.433 e. The SMILES string of the molecule is CN(C(=O)OC(C)(C)C)C(C=O)c1cccnc1C(F)(F)F. The van der Waals surface area contributed by atoms with Crippen LogP contribution in [0.1, 0.15) is 38.1 Å². The average molecular weight is 318 g/mol. The zero-order valence-corrected chi connectivity index (χ0v) is 12.6. The maximum Gasteiger partial charge on any atom is 0.433 e. The van der Waals surface area contributed by atoms with Crippen molar-refractivity contribution in [2.45, 2.75) is 38.6 Å². The van der Waals surface area contributed by atoms with Crippen LogP contribution in [0.4, 0.5) is 18.0 Å². The Labute approximate surface area is 126 Å². The molecule has 0 aliphatic heterocycles. The van der Waals surface area contributed by atoms with Crippen LogP contribution < -0.4 is 0 Å². The molecule has 1 heterocycles. The summed E-state index contributed by atoms with van der Waals surface area (Å²) in [5.41, 5.74) is -2.44. The molecule has 1 atom stereocenters. The van der Waals surface area contributed by atoms with Gasteiger partial charge in [-0.1, -0.05) is 6.07 Å². The predicted molar refractivity (Wildman–Crippen MR) is 72.0 cm³/mol. The number of amides is 1. The first-order chi connectivity index (χ1) is 9.97. The summed E-state index contributed by atoms with van der Waals surface area (Å²) in [5, 5.41) is 0. The molecule has 0 aliphatic rings. The van der Waals surface area contributed by atoms with Crippen LogP contribution in [0.3, 0.4) is 0 Å². The summed E-state index contributed by atoms with van der Waals surface area (Å²) in [6.45, 7) is 4.83. The Morgan fingerprint density at radius 2 is 1.95 bits per heavy atom. The molecule has 1 aromatic heterocycles. The zero-order valence-electron chi connectivity index (χ0n) is 12.6. The molecule has 0 radical (unpaired) electrons. The molecule has 5 nitrogen and oxygen atoms in total. The van der Waals surface area contributed by atoms with Crippen molar-refractivity contribution in [3.63, 3.8) is 0 Å². The molecular formula is C14H17F3N2O3. The third-order valence-corrected chi connectivity index (χ3v) is 2.65. The molecule has 22 heavy (non-hydrogen) atoms. The highest BCUT2D eigenvalue weighted by molar-refractivity contribution is 5.75. The van der Waals surface area contributed by atoms with Crippen molar-refractivity contribution in [2.24, 2.45) is 0 Å². The summed E-state index contributed by atoms with van der Waals surface area (Å²) >= 11 is 0. The van der Waals surface area contributed by atoms with Crippen molar-refractivity contribution in [1.82, 2.24) is 9.88 Å². The molecule has 122 valence electrons. The Morgan fingerprint density at radius 1 is 1.36 bits per heavy atom. The van der Waals surface area contributed by atoms with Crippen LogP contribution in [0.15, 0.2) is 18.3 Å². The lowest BCUT2D eigenvalue weighted by Gasteiger charge is -2.29. The number of nitrogens with zero attached hydrogens (tertiary/aromatic N) is 2. The van der Waals surface area contributed by atoms with E-state index in [0.29, 0.717) is 0 Å². The van der Waals surface area contributed by atoms with E-state index in [4.69, 9.17) is 4.74 Å². The maximum absolute atomic E-state index is 13.0. The number of alkyl halides is 3. The number of hydrogen-bond acceptors (Lipinski definition) is 4. The Balaban J connectivity index is 3.17. The molecule has 1 rings (SSSR count). The third-order valence-electron chi connectivity index (χ3n) is 2.65. The fraction of sp³-hybridized carbons (Fsp3) is 0.500. The lowest BCUT2D eigenvalue weighted by Crippen LogP contribution is -2.38. The van der Waals surface area contributed by atoms with Gasteiger partial charge in [-0.25, -0.2) is 4.79 Å². The molecule has 0 bridgehead atoms. The van der Waals surface area contributed by atoms with Crippen LogP contribution >= 0.6 is 0 Å². The lowest BCUT2D eigenvalue weighted by atomic mass is 10.0. The molecule has 1 amide bonds. The summed E-state index contributed by atoms with van der Waals surface area (Å²) in [4.78, 5) is 27.3. The average Bonchev–Trinajstić information content (AvgIpc) is 2.36. The van der Waals surface area contributed by atoms with Crippen molar-refractivity contribution in [1.29, 1.82) is 0 Å². The predicted octanol–water partition coefficient (Wildman–Crippen LogP) is 3.21. The van der Waals surface area contributed by atoms with E-state index in [1.807, 2.05) is 0 Å². The zero-order chi connectivity index (χ0) is 17.1. The van der Waals surface area contributed by atoms with Gasteiger partial charge >= 0.3 is 12.3 Å². The van der Waals surface area contributed by atoms with Crippen molar-refractivity contribution in [2.75, 3.05) is 7.05 Å². The van der Waals surface area contributed by atoms with E-state index in [9.17, 15) is 22.8 Å². The lowest BCUT2D eigenvalue weighted by molar-refractivity contribution is -0.142. The van der Waals surface area contributed by atoms with Crippen LogP contribution in [-0.4, -0.2) is 34.9 Å². The van der Waals surface area contributed by atoms with E-state index in [1.54, 1.807) is 20.8 Å². The molecule has 0 saturated heterocycles. The van der Waals surface area contributed by atoms with Gasteiger partial charge in [0.2, 0.25) is 0 Å². The summed E-state index contributed by atoms with van der Waals surface area (Å²) in [5.74, 6) is 0. The number of rotatable bonds is 3. The van der Waals surface area contributed by atoms with Crippen LogP contribution in [0.25, 0.3) is 0 Å². The van der Waals surface area contributed by atoms with Gasteiger partial charge < -0.3 is 9.53 Å². The van der Waals surface area contributed by atoms with Gasteiger partial charge in [0.1, 0.15) is 23.6 Å². The van der Waals surface area contributed by atoms with Crippen molar-refractivity contribution >= 4 is 12.4 Å². The number of aldehydes is 1. The minimum atomic E-state index is -4.73. The van der Waals surface area contributed by atoms with E-state index in [0.717, 1.165) is 17.2 Å². The molecule has 1 unspecified atom stereocenters. The van der Waals surface area contributed by atoms with E-state index in [2.05, 4.69) is 4.98 Å². The quantitative estimate of drug-likeness (QED) is 0.803. The molecule has 0 aliphatic carbocycles. The highest BCUT2D eigenvalue weighted by Gasteiger charge is 2.39. The Bertz CT molecular complexity index is 553. The van der Waals surface area contributed by atoms with E-state index >= 15 is 0 Å². The van der Waals surface area contributed by atoms with E-state index in [-0.39, 0.29) is 6.29 Å². The molecule has 1 aromatic rings. The molecule has 0 aromatic carbocycles. The Hall–Kier alpha value is -2.12. The number of halogens is 3. The van der Waals surface area contributed by atoms with Gasteiger partial charge in [-0.3, -0.25) is 9.88 Å². The van der Waals surface area contributed by atoms with Gasteiger partial charge in [-0.2, -0.15) is 13.2 Å². The number of ether oxygens (including phenoxy) is 1. The second kappa shape index (κ2) is 6.33. The molecule has 0 fully saturated rings. The normalized spacial score (nSPS) is 13.4. The minimum absolute atomic E-state index is 0.246. The minimum Gasteiger partial charge on any atom is -0.444 e. The van der Waals surface area contributed by atoms with Gasteiger partial charge in [0.25, 0.3) is 0 Å². The van der Waals surface area contributed by atoms with Crippen molar-refractivity contribution in [3.8, 4) is 0 Å². The van der Waals surface area contributed by atoms with Gasteiger partial charge in [0, 0.05) is 18.8 Å². The first-order valence-electron chi connectivity index (χ1n) is 6.40. The number of hydrogen-bond donors (Lipinski definition) is 0.